The highest BCUT2D eigenvalue weighted by molar-refractivity contribution is 7.98. The fourth-order valence-electron chi connectivity index (χ4n) is 1.82. The molecule has 4 heteroatoms. The maximum atomic E-state index is 6.16. The first-order valence-corrected chi connectivity index (χ1v) is 7.59. The van der Waals surface area contributed by atoms with E-state index in [4.69, 9.17) is 17.3 Å². The van der Waals surface area contributed by atoms with E-state index in [1.165, 1.54) is 5.56 Å². The Morgan fingerprint density at radius 2 is 1.95 bits per heavy atom. The number of halogens is 1. The van der Waals surface area contributed by atoms with Crippen LogP contribution in [-0.4, -0.2) is 11.0 Å². The largest absolute Gasteiger partial charge is 0.328 e. The van der Waals surface area contributed by atoms with Crippen molar-refractivity contribution in [2.45, 2.75) is 30.2 Å². The molecule has 0 spiro atoms. The van der Waals surface area contributed by atoms with Crippen molar-refractivity contribution >= 4 is 23.4 Å². The first-order valence-electron chi connectivity index (χ1n) is 6.22. The van der Waals surface area contributed by atoms with Crippen molar-refractivity contribution in [2.75, 3.05) is 0 Å². The summed E-state index contributed by atoms with van der Waals surface area (Å²) in [5.41, 5.74) is 8.20. The molecule has 100 valence electrons. The summed E-state index contributed by atoms with van der Waals surface area (Å²) in [4.78, 5) is 4.44. The van der Waals surface area contributed by atoms with Crippen LogP contribution in [0.5, 0.6) is 0 Å². The van der Waals surface area contributed by atoms with Crippen molar-refractivity contribution in [1.82, 2.24) is 4.98 Å². The molecule has 0 saturated carbocycles. The Labute approximate surface area is 123 Å². The third kappa shape index (κ3) is 4.23. The van der Waals surface area contributed by atoms with Crippen LogP contribution in [0.1, 0.15) is 18.1 Å². The maximum Gasteiger partial charge on any atom is 0.0995 e. The highest BCUT2D eigenvalue weighted by Crippen LogP contribution is 2.27. The van der Waals surface area contributed by atoms with Gasteiger partial charge >= 0.3 is 0 Å². The van der Waals surface area contributed by atoms with Gasteiger partial charge in [0.1, 0.15) is 0 Å². The molecule has 0 amide bonds. The number of nitrogens with two attached hydrogens (primary N) is 1. The lowest BCUT2D eigenvalue weighted by Gasteiger charge is -2.10. The van der Waals surface area contributed by atoms with Crippen molar-refractivity contribution in [1.29, 1.82) is 0 Å². The second-order valence-corrected chi connectivity index (χ2v) is 5.90. The molecule has 1 aromatic carbocycles. The topological polar surface area (TPSA) is 38.9 Å². The van der Waals surface area contributed by atoms with Gasteiger partial charge in [0.25, 0.3) is 0 Å². The lowest BCUT2D eigenvalue weighted by Crippen LogP contribution is -2.18. The van der Waals surface area contributed by atoms with E-state index in [1.807, 2.05) is 43.5 Å². The van der Waals surface area contributed by atoms with E-state index in [0.717, 1.165) is 27.8 Å². The minimum absolute atomic E-state index is 0.142. The average Bonchev–Trinajstić information content (AvgIpc) is 2.39. The number of thioether (sulfide) groups is 1. The second-order valence-electron chi connectivity index (χ2n) is 4.53. The van der Waals surface area contributed by atoms with Crippen molar-refractivity contribution < 1.29 is 0 Å². The number of hydrogen-bond acceptors (Lipinski definition) is 3. The Balaban J connectivity index is 2.09. The van der Waals surface area contributed by atoms with Crippen LogP contribution in [0.15, 0.2) is 47.6 Å². The molecule has 0 saturated heterocycles. The first kappa shape index (κ1) is 14.4. The van der Waals surface area contributed by atoms with Crippen LogP contribution in [0.2, 0.25) is 5.02 Å². The fraction of sp³-hybridized carbons (Fsp3) is 0.267. The highest BCUT2D eigenvalue weighted by atomic mass is 35.5. The smallest absolute Gasteiger partial charge is 0.0995 e. The summed E-state index contributed by atoms with van der Waals surface area (Å²) in [6.07, 6.45) is 2.66. The van der Waals surface area contributed by atoms with Crippen molar-refractivity contribution in [2.24, 2.45) is 5.73 Å². The highest BCUT2D eigenvalue weighted by Gasteiger charge is 2.07. The van der Waals surface area contributed by atoms with Crippen molar-refractivity contribution in [3.63, 3.8) is 0 Å². The molecule has 0 aliphatic rings. The molecule has 2 aromatic rings. The third-order valence-electron chi connectivity index (χ3n) is 2.71. The molecule has 19 heavy (non-hydrogen) atoms. The van der Waals surface area contributed by atoms with Crippen LogP contribution in [0, 0.1) is 0 Å². The zero-order chi connectivity index (χ0) is 13.7. The Morgan fingerprint density at radius 1 is 1.21 bits per heavy atom. The van der Waals surface area contributed by atoms with Gasteiger partial charge in [-0.3, -0.25) is 0 Å². The summed E-state index contributed by atoms with van der Waals surface area (Å²) in [6, 6.07) is 12.1. The molecular formula is C15H17ClN2S. The molecule has 0 fully saturated rings. The summed E-state index contributed by atoms with van der Waals surface area (Å²) < 4.78 is 0. The minimum atomic E-state index is 0.142. The standard InChI is InChI=1S/C15H17ClN2S/c1-11(17)9-12-6-4-8-18-15(12)19-10-13-5-2-3-7-14(13)16/h2-8,11H,9-10,17H2,1H3. The van der Waals surface area contributed by atoms with Gasteiger partial charge in [-0.25, -0.2) is 4.98 Å². The van der Waals surface area contributed by atoms with Crippen LogP contribution in [0.25, 0.3) is 0 Å². The zero-order valence-electron chi connectivity index (χ0n) is 10.8. The molecule has 2 nitrogen and oxygen atoms in total. The molecule has 2 N–H and O–H groups in total. The van der Waals surface area contributed by atoms with Crippen LogP contribution < -0.4 is 5.73 Å². The minimum Gasteiger partial charge on any atom is -0.328 e. The number of nitrogens with zero attached hydrogens (tertiary/aromatic N) is 1. The summed E-state index contributed by atoms with van der Waals surface area (Å²) in [5, 5.41) is 1.85. The summed E-state index contributed by atoms with van der Waals surface area (Å²) in [5.74, 6) is 0.822. The maximum absolute atomic E-state index is 6.16. The summed E-state index contributed by atoms with van der Waals surface area (Å²) >= 11 is 7.87. The van der Waals surface area contributed by atoms with E-state index in [2.05, 4.69) is 11.1 Å². The van der Waals surface area contributed by atoms with Crippen molar-refractivity contribution in [3.8, 4) is 0 Å². The van der Waals surface area contributed by atoms with Gasteiger partial charge in [-0.2, -0.15) is 0 Å². The number of rotatable bonds is 5. The van der Waals surface area contributed by atoms with E-state index in [1.54, 1.807) is 11.8 Å². The zero-order valence-corrected chi connectivity index (χ0v) is 12.4. The quantitative estimate of drug-likeness (QED) is 0.849. The Bertz CT molecular complexity index is 543. The van der Waals surface area contributed by atoms with Crippen LogP contribution in [-0.2, 0) is 12.2 Å². The Kier molecular flexibility index (Phi) is 5.25. The molecule has 1 atom stereocenters. The van der Waals surface area contributed by atoms with E-state index in [0.29, 0.717) is 0 Å². The molecule has 0 aliphatic carbocycles. The van der Waals surface area contributed by atoms with E-state index in [-0.39, 0.29) is 6.04 Å². The number of pyridine rings is 1. The van der Waals surface area contributed by atoms with Crippen LogP contribution in [0.3, 0.4) is 0 Å². The van der Waals surface area contributed by atoms with Gasteiger partial charge in [-0.05, 0) is 36.6 Å². The van der Waals surface area contributed by atoms with E-state index < -0.39 is 0 Å². The molecule has 2 rings (SSSR count). The SMILES string of the molecule is CC(N)Cc1cccnc1SCc1ccccc1Cl. The monoisotopic (exact) mass is 292 g/mol. The van der Waals surface area contributed by atoms with Crippen molar-refractivity contribution in [3.05, 3.63) is 58.7 Å². The van der Waals surface area contributed by atoms with Crippen LogP contribution in [0.4, 0.5) is 0 Å². The van der Waals surface area contributed by atoms with Gasteiger partial charge in [0.2, 0.25) is 0 Å². The molecular weight excluding hydrogens is 276 g/mol. The number of hydrogen-bond donors (Lipinski definition) is 1. The second kappa shape index (κ2) is 6.94. The van der Waals surface area contributed by atoms with Gasteiger partial charge in [0, 0.05) is 23.0 Å². The summed E-state index contributed by atoms with van der Waals surface area (Å²) in [7, 11) is 0. The van der Waals surface area contributed by atoms with Gasteiger partial charge in [0.05, 0.1) is 5.03 Å². The Hall–Kier alpha value is -1.03. The van der Waals surface area contributed by atoms with Crippen LogP contribution >= 0.6 is 23.4 Å². The lowest BCUT2D eigenvalue weighted by atomic mass is 10.1. The first-order chi connectivity index (χ1) is 9.16. The number of benzene rings is 1. The van der Waals surface area contributed by atoms with Gasteiger partial charge in [-0.1, -0.05) is 35.9 Å². The third-order valence-corrected chi connectivity index (χ3v) is 4.18. The van der Waals surface area contributed by atoms with Gasteiger partial charge in [-0.15, -0.1) is 11.8 Å². The fourth-order valence-corrected chi connectivity index (χ4v) is 3.12. The predicted octanol–water partition coefficient (Wildman–Crippen LogP) is 3.92. The van der Waals surface area contributed by atoms with E-state index in [9.17, 15) is 0 Å². The lowest BCUT2D eigenvalue weighted by molar-refractivity contribution is 0.722. The van der Waals surface area contributed by atoms with Gasteiger partial charge in [0.15, 0.2) is 0 Å². The normalized spacial score (nSPS) is 12.4. The molecule has 1 aromatic heterocycles. The average molecular weight is 293 g/mol. The Morgan fingerprint density at radius 3 is 2.68 bits per heavy atom. The summed E-state index contributed by atoms with van der Waals surface area (Å²) in [6.45, 7) is 2.01. The molecule has 0 aliphatic heterocycles. The number of aromatic nitrogens is 1. The molecule has 0 bridgehead atoms. The predicted molar refractivity (Wildman–Crippen MR) is 82.6 cm³/mol. The molecule has 1 unspecified atom stereocenters. The van der Waals surface area contributed by atoms with Gasteiger partial charge < -0.3 is 5.73 Å². The molecule has 0 radical (unpaired) electrons. The van der Waals surface area contributed by atoms with E-state index >= 15 is 0 Å². The molecule has 1 heterocycles.